The Morgan fingerprint density at radius 1 is 1.04 bits per heavy atom. The molecule has 0 unspecified atom stereocenters. The number of nitrogens with zero attached hydrogens (tertiary/aromatic N) is 3. The van der Waals surface area contributed by atoms with Gasteiger partial charge >= 0.3 is 0 Å². The van der Waals surface area contributed by atoms with E-state index < -0.39 is 41.0 Å². The summed E-state index contributed by atoms with van der Waals surface area (Å²) < 4.78 is 6.51. The van der Waals surface area contributed by atoms with Crippen molar-refractivity contribution in [2.24, 2.45) is 0 Å². The summed E-state index contributed by atoms with van der Waals surface area (Å²) in [5, 5.41) is 16.0. The zero-order valence-electron chi connectivity index (χ0n) is 24.0. The number of imide groups is 1. The average Bonchev–Trinajstić information content (AvgIpc) is 3.26. The van der Waals surface area contributed by atoms with Crippen molar-refractivity contribution in [3.63, 3.8) is 0 Å². The lowest BCUT2D eigenvalue weighted by Crippen LogP contribution is -2.36. The number of anilines is 3. The number of rotatable bonds is 12. The normalized spacial score (nSPS) is 13.6. The molecule has 0 aliphatic carbocycles. The third kappa shape index (κ3) is 8.62. The monoisotopic (exact) mass is 715 g/mol. The predicted octanol–water partition coefficient (Wildman–Crippen LogP) is 6.55. The Morgan fingerprint density at radius 2 is 1.76 bits per heavy atom. The van der Waals surface area contributed by atoms with Crippen molar-refractivity contribution in [3.05, 3.63) is 90.7 Å². The van der Waals surface area contributed by atoms with Gasteiger partial charge in [-0.05, 0) is 84.0 Å². The summed E-state index contributed by atoms with van der Waals surface area (Å²) in [7, 11) is 0. The van der Waals surface area contributed by atoms with Crippen LogP contribution in [0.25, 0.3) is 6.08 Å². The van der Waals surface area contributed by atoms with Crippen LogP contribution in [0.3, 0.4) is 0 Å². The number of non-ortho nitro benzene ring substituents is 1. The standard InChI is InChI=1S/C30H27BrClN5O7S/c1-3-35(4-2)21-10-8-18(25(15-21)44-17-28(39)34-19-6-5-7-22(13-19)37(42)43)12-26-29(40)36(30(41)45-26)16-27(38)33-20-9-11-23(31)24(32)14-20/h5-15H,3-4,16-17H2,1-2H3,(H,33,38)(H,34,39)/b26-12+. The second-order valence-corrected chi connectivity index (χ2v) is 11.7. The molecular formula is C30H27BrClN5O7S. The van der Waals surface area contributed by atoms with Gasteiger partial charge in [0.2, 0.25) is 5.91 Å². The molecule has 1 aliphatic heterocycles. The molecule has 4 amide bonds. The third-order valence-corrected chi connectivity index (χ3v) is 8.63. The molecule has 0 atom stereocenters. The molecule has 3 aromatic rings. The van der Waals surface area contributed by atoms with Crippen molar-refractivity contribution >= 4 is 91.1 Å². The Labute approximate surface area is 276 Å². The van der Waals surface area contributed by atoms with E-state index in [9.17, 15) is 29.3 Å². The van der Waals surface area contributed by atoms with Crippen molar-refractivity contribution in [2.45, 2.75) is 13.8 Å². The number of benzene rings is 3. The molecule has 0 bridgehead atoms. The van der Waals surface area contributed by atoms with E-state index in [4.69, 9.17) is 16.3 Å². The smallest absolute Gasteiger partial charge is 0.294 e. The van der Waals surface area contributed by atoms with Gasteiger partial charge in [-0.3, -0.25) is 34.2 Å². The summed E-state index contributed by atoms with van der Waals surface area (Å²) >= 11 is 10.0. The van der Waals surface area contributed by atoms with Crippen LogP contribution in [0.2, 0.25) is 5.02 Å². The van der Waals surface area contributed by atoms with Crippen LogP contribution in [0.1, 0.15) is 19.4 Å². The maximum atomic E-state index is 13.2. The van der Waals surface area contributed by atoms with Crippen molar-refractivity contribution in [1.29, 1.82) is 0 Å². The number of ether oxygens (including phenoxy) is 1. The highest BCUT2D eigenvalue weighted by Gasteiger charge is 2.36. The number of halogens is 2. The number of hydrogen-bond donors (Lipinski definition) is 2. The fourth-order valence-corrected chi connectivity index (χ4v) is 5.54. The Balaban J connectivity index is 1.51. The first-order valence-corrected chi connectivity index (χ1v) is 15.5. The Bertz CT molecular complexity index is 1700. The van der Waals surface area contributed by atoms with Gasteiger partial charge < -0.3 is 20.3 Å². The first-order chi connectivity index (χ1) is 21.5. The molecule has 1 heterocycles. The largest absolute Gasteiger partial charge is 0.483 e. The first-order valence-electron chi connectivity index (χ1n) is 13.5. The molecular weight excluding hydrogens is 690 g/mol. The van der Waals surface area contributed by atoms with E-state index in [-0.39, 0.29) is 22.0 Å². The Hall–Kier alpha value is -4.40. The highest BCUT2D eigenvalue weighted by atomic mass is 79.9. The summed E-state index contributed by atoms with van der Waals surface area (Å²) in [6.07, 6.45) is 1.47. The van der Waals surface area contributed by atoms with Crippen molar-refractivity contribution in [1.82, 2.24) is 4.90 Å². The van der Waals surface area contributed by atoms with Crippen molar-refractivity contribution in [2.75, 3.05) is 41.8 Å². The number of amides is 4. The molecule has 45 heavy (non-hydrogen) atoms. The minimum atomic E-state index is -0.656. The zero-order chi connectivity index (χ0) is 32.7. The number of nitro benzene ring substituents is 1. The van der Waals surface area contributed by atoms with Crippen LogP contribution in [0.15, 0.2) is 70.0 Å². The van der Waals surface area contributed by atoms with Gasteiger partial charge in [-0.1, -0.05) is 17.7 Å². The number of hydrogen-bond acceptors (Lipinski definition) is 9. The van der Waals surface area contributed by atoms with E-state index in [2.05, 4.69) is 31.5 Å². The molecule has 2 N–H and O–H groups in total. The first kappa shape index (κ1) is 33.5. The van der Waals surface area contributed by atoms with Gasteiger partial charge in [-0.2, -0.15) is 0 Å². The molecule has 1 aliphatic rings. The molecule has 15 heteroatoms. The Morgan fingerprint density at radius 3 is 2.44 bits per heavy atom. The lowest BCUT2D eigenvalue weighted by atomic mass is 10.1. The van der Waals surface area contributed by atoms with Crippen molar-refractivity contribution < 1.29 is 28.8 Å². The highest BCUT2D eigenvalue weighted by molar-refractivity contribution is 9.10. The van der Waals surface area contributed by atoms with E-state index in [0.717, 1.165) is 10.6 Å². The van der Waals surface area contributed by atoms with Crippen molar-refractivity contribution in [3.8, 4) is 5.75 Å². The van der Waals surface area contributed by atoms with Gasteiger partial charge in [-0.15, -0.1) is 0 Å². The van der Waals surface area contributed by atoms with E-state index in [1.165, 1.54) is 36.4 Å². The quantitative estimate of drug-likeness (QED) is 0.121. The summed E-state index contributed by atoms with van der Waals surface area (Å²) in [5.74, 6) is -1.53. The van der Waals surface area contributed by atoms with E-state index in [1.54, 1.807) is 24.3 Å². The summed E-state index contributed by atoms with van der Waals surface area (Å²) in [6, 6.07) is 15.6. The van der Waals surface area contributed by atoms with Crippen LogP contribution in [0, 0.1) is 10.1 Å². The van der Waals surface area contributed by atoms with E-state index in [1.807, 2.05) is 19.9 Å². The topological polar surface area (TPSA) is 151 Å². The molecule has 12 nitrogen and oxygen atoms in total. The van der Waals surface area contributed by atoms with Crippen LogP contribution in [0.4, 0.5) is 27.5 Å². The molecule has 0 aromatic heterocycles. The maximum absolute atomic E-state index is 13.2. The van der Waals surface area contributed by atoms with Crippen LogP contribution < -0.4 is 20.3 Å². The fraction of sp³-hybridized carbons (Fsp3) is 0.200. The molecule has 234 valence electrons. The number of carbonyl (C=O) groups excluding carboxylic acids is 4. The molecule has 0 radical (unpaired) electrons. The minimum Gasteiger partial charge on any atom is -0.483 e. The van der Waals surface area contributed by atoms with E-state index in [0.29, 0.717) is 45.6 Å². The second kappa shape index (κ2) is 15.1. The lowest BCUT2D eigenvalue weighted by Gasteiger charge is -2.22. The second-order valence-electron chi connectivity index (χ2n) is 9.48. The van der Waals surface area contributed by atoms with E-state index >= 15 is 0 Å². The SMILES string of the molecule is CCN(CC)c1ccc(/C=C2/SC(=O)N(CC(=O)Nc3ccc(Br)c(Cl)c3)C2=O)c(OCC(=O)Nc2cccc([N+](=O)[O-])c2)c1. The number of nitro groups is 1. The van der Waals surface area contributed by atoms with Crippen LogP contribution >= 0.6 is 39.3 Å². The molecule has 1 saturated heterocycles. The van der Waals surface area contributed by atoms with Gasteiger partial charge in [-0.25, -0.2) is 0 Å². The Kier molecular flexibility index (Phi) is 11.2. The summed E-state index contributed by atoms with van der Waals surface area (Å²) in [6.45, 7) is 4.44. The maximum Gasteiger partial charge on any atom is 0.294 e. The summed E-state index contributed by atoms with van der Waals surface area (Å²) in [5.41, 5.74) is 1.70. The fourth-order valence-electron chi connectivity index (χ4n) is 4.29. The molecule has 4 rings (SSSR count). The number of thioether (sulfide) groups is 1. The molecule has 3 aromatic carbocycles. The molecule has 0 spiro atoms. The van der Waals surface area contributed by atoms with Gasteiger partial charge in [0.1, 0.15) is 12.3 Å². The van der Waals surface area contributed by atoms with Gasteiger partial charge in [0.25, 0.3) is 22.7 Å². The zero-order valence-corrected chi connectivity index (χ0v) is 27.2. The number of nitrogens with one attached hydrogen (secondary N) is 2. The average molecular weight is 717 g/mol. The van der Waals surface area contributed by atoms with Crippen LogP contribution in [-0.4, -0.2) is 59.0 Å². The van der Waals surface area contributed by atoms with Gasteiger partial charge in [0.15, 0.2) is 6.61 Å². The van der Waals surface area contributed by atoms with Gasteiger partial charge in [0.05, 0.1) is 14.9 Å². The van der Waals surface area contributed by atoms with Crippen LogP contribution in [-0.2, 0) is 14.4 Å². The predicted molar refractivity (Wildman–Crippen MR) is 178 cm³/mol. The van der Waals surface area contributed by atoms with Gasteiger partial charge in [0, 0.05) is 58.4 Å². The highest BCUT2D eigenvalue weighted by Crippen LogP contribution is 2.35. The lowest BCUT2D eigenvalue weighted by molar-refractivity contribution is -0.384. The molecule has 1 fully saturated rings. The third-order valence-electron chi connectivity index (χ3n) is 6.49. The summed E-state index contributed by atoms with van der Waals surface area (Å²) in [4.78, 5) is 64.7. The minimum absolute atomic E-state index is 0.0703. The number of carbonyl (C=O) groups is 4. The van der Waals surface area contributed by atoms with Crippen LogP contribution in [0.5, 0.6) is 5.75 Å². The molecule has 0 saturated carbocycles.